The Morgan fingerprint density at radius 1 is 1.24 bits per heavy atom. The smallest absolute Gasteiger partial charge is 0.234 e. The van der Waals surface area contributed by atoms with Gasteiger partial charge in [0, 0.05) is 13.2 Å². The third-order valence-electron chi connectivity index (χ3n) is 4.75. The molecule has 1 atom stereocenters. The summed E-state index contributed by atoms with van der Waals surface area (Å²) in [5.41, 5.74) is 5.02. The van der Waals surface area contributed by atoms with Crippen molar-refractivity contribution in [1.82, 2.24) is 5.32 Å². The molecule has 1 saturated carbocycles. The van der Waals surface area contributed by atoms with Crippen LogP contribution in [0.5, 0.6) is 0 Å². The van der Waals surface area contributed by atoms with Crippen LogP contribution in [0, 0.1) is 5.41 Å². The van der Waals surface area contributed by atoms with Crippen molar-refractivity contribution in [3.8, 4) is 0 Å². The van der Waals surface area contributed by atoms with Crippen molar-refractivity contribution < 1.29 is 14.7 Å². The molecule has 1 amide bonds. The lowest BCUT2D eigenvalue weighted by Gasteiger charge is -2.31. The molecule has 1 unspecified atom stereocenters. The molecule has 0 aromatic rings. The van der Waals surface area contributed by atoms with Crippen molar-refractivity contribution in [3.63, 3.8) is 0 Å². The van der Waals surface area contributed by atoms with Crippen LogP contribution in [-0.4, -0.2) is 36.2 Å². The minimum Gasteiger partial charge on any atom is -0.409 e. The number of nitrogens with two attached hydrogens (primary N) is 1. The Morgan fingerprint density at radius 3 is 2.52 bits per heavy atom. The van der Waals surface area contributed by atoms with Gasteiger partial charge in [-0.2, -0.15) is 0 Å². The Hall–Kier alpha value is -1.30. The van der Waals surface area contributed by atoms with E-state index in [1.165, 1.54) is 0 Å². The standard InChI is InChI=1S/C15H27N3O3/c16-13(18-20)15(8-4-1-2-5-9-15)14(19)17-11-12-7-3-6-10-21-12/h12,20H,1-11H2,(H2,16,18)(H,17,19). The van der Waals surface area contributed by atoms with E-state index < -0.39 is 5.41 Å². The maximum Gasteiger partial charge on any atom is 0.234 e. The van der Waals surface area contributed by atoms with Crippen LogP contribution in [0.1, 0.15) is 57.8 Å². The number of nitrogens with one attached hydrogen (secondary N) is 1. The van der Waals surface area contributed by atoms with Gasteiger partial charge in [-0.15, -0.1) is 0 Å². The van der Waals surface area contributed by atoms with Crippen LogP contribution in [-0.2, 0) is 9.53 Å². The number of hydrogen-bond donors (Lipinski definition) is 3. The van der Waals surface area contributed by atoms with Crippen LogP contribution in [0.3, 0.4) is 0 Å². The Balaban J connectivity index is 1.99. The van der Waals surface area contributed by atoms with Gasteiger partial charge in [0.25, 0.3) is 0 Å². The topological polar surface area (TPSA) is 96.9 Å². The predicted octanol–water partition coefficient (Wildman–Crippen LogP) is 1.76. The zero-order chi connectivity index (χ0) is 15.1. The highest BCUT2D eigenvalue weighted by atomic mass is 16.5. The first-order chi connectivity index (χ1) is 10.2. The van der Waals surface area contributed by atoms with Gasteiger partial charge in [-0.1, -0.05) is 30.8 Å². The van der Waals surface area contributed by atoms with Crippen molar-refractivity contribution in [2.24, 2.45) is 16.3 Å². The van der Waals surface area contributed by atoms with Gasteiger partial charge in [-0.25, -0.2) is 0 Å². The lowest BCUT2D eigenvalue weighted by molar-refractivity contribution is -0.129. The fourth-order valence-corrected chi connectivity index (χ4v) is 3.37. The summed E-state index contributed by atoms with van der Waals surface area (Å²) < 4.78 is 5.63. The first-order valence-electron chi connectivity index (χ1n) is 8.07. The second kappa shape index (κ2) is 7.64. The van der Waals surface area contributed by atoms with E-state index in [9.17, 15) is 4.79 Å². The van der Waals surface area contributed by atoms with Crippen molar-refractivity contribution in [1.29, 1.82) is 0 Å². The summed E-state index contributed by atoms with van der Waals surface area (Å²) in [6, 6.07) is 0. The number of rotatable bonds is 4. The van der Waals surface area contributed by atoms with Crippen LogP contribution >= 0.6 is 0 Å². The summed E-state index contributed by atoms with van der Waals surface area (Å²) in [7, 11) is 0. The summed E-state index contributed by atoms with van der Waals surface area (Å²) in [6.07, 6.45) is 8.69. The quantitative estimate of drug-likeness (QED) is 0.242. The molecule has 0 spiro atoms. The Morgan fingerprint density at radius 2 is 1.95 bits per heavy atom. The highest BCUT2D eigenvalue weighted by Gasteiger charge is 2.43. The van der Waals surface area contributed by atoms with E-state index in [4.69, 9.17) is 15.7 Å². The van der Waals surface area contributed by atoms with Crippen molar-refractivity contribution in [2.75, 3.05) is 13.2 Å². The highest BCUT2D eigenvalue weighted by Crippen LogP contribution is 2.35. The second-order valence-electron chi connectivity index (χ2n) is 6.18. The molecule has 1 aliphatic heterocycles. The van der Waals surface area contributed by atoms with E-state index in [1.807, 2.05) is 0 Å². The van der Waals surface area contributed by atoms with E-state index in [-0.39, 0.29) is 17.8 Å². The van der Waals surface area contributed by atoms with Crippen LogP contribution in [0.4, 0.5) is 0 Å². The fourth-order valence-electron chi connectivity index (χ4n) is 3.37. The van der Waals surface area contributed by atoms with Crippen LogP contribution < -0.4 is 11.1 Å². The summed E-state index contributed by atoms with van der Waals surface area (Å²) in [6.45, 7) is 1.28. The van der Waals surface area contributed by atoms with Gasteiger partial charge in [0.2, 0.25) is 5.91 Å². The first-order valence-corrected chi connectivity index (χ1v) is 8.07. The van der Waals surface area contributed by atoms with Gasteiger partial charge >= 0.3 is 0 Å². The van der Waals surface area contributed by atoms with E-state index in [1.54, 1.807) is 0 Å². The number of hydrogen-bond acceptors (Lipinski definition) is 4. The largest absolute Gasteiger partial charge is 0.409 e. The molecule has 1 aliphatic carbocycles. The molecule has 0 aromatic heterocycles. The third kappa shape index (κ3) is 3.87. The zero-order valence-corrected chi connectivity index (χ0v) is 12.6. The number of oxime groups is 1. The van der Waals surface area contributed by atoms with Crippen LogP contribution in [0.2, 0.25) is 0 Å². The minimum atomic E-state index is -0.847. The predicted molar refractivity (Wildman–Crippen MR) is 80.1 cm³/mol. The van der Waals surface area contributed by atoms with Gasteiger partial charge < -0.3 is 21.0 Å². The minimum absolute atomic E-state index is 0.0477. The summed E-state index contributed by atoms with van der Waals surface area (Å²) >= 11 is 0. The van der Waals surface area contributed by atoms with Gasteiger partial charge in [0.1, 0.15) is 5.41 Å². The summed E-state index contributed by atoms with van der Waals surface area (Å²) in [5.74, 6) is -0.0691. The molecule has 6 heteroatoms. The van der Waals surface area contributed by atoms with E-state index in [0.29, 0.717) is 19.4 Å². The number of amidine groups is 1. The molecule has 2 aliphatic rings. The third-order valence-corrected chi connectivity index (χ3v) is 4.75. The molecule has 6 nitrogen and oxygen atoms in total. The molecular formula is C15H27N3O3. The molecule has 2 rings (SSSR count). The van der Waals surface area contributed by atoms with Gasteiger partial charge in [-0.05, 0) is 32.1 Å². The average molecular weight is 297 g/mol. The maximum absolute atomic E-state index is 12.7. The first kappa shape index (κ1) is 16.1. The Kier molecular flexibility index (Phi) is 5.85. The molecule has 4 N–H and O–H groups in total. The molecule has 120 valence electrons. The zero-order valence-electron chi connectivity index (χ0n) is 12.6. The molecule has 0 radical (unpaired) electrons. The molecule has 0 aromatic carbocycles. The molecular weight excluding hydrogens is 270 g/mol. The number of ether oxygens (including phenoxy) is 1. The van der Waals surface area contributed by atoms with Crippen molar-refractivity contribution >= 4 is 11.7 Å². The normalized spacial score (nSPS) is 26.9. The van der Waals surface area contributed by atoms with E-state index >= 15 is 0 Å². The summed E-state index contributed by atoms with van der Waals surface area (Å²) in [5, 5.41) is 15.2. The summed E-state index contributed by atoms with van der Waals surface area (Å²) in [4.78, 5) is 12.7. The number of carbonyl (C=O) groups excluding carboxylic acids is 1. The van der Waals surface area contributed by atoms with Gasteiger partial charge in [0.15, 0.2) is 5.84 Å². The fraction of sp³-hybridized carbons (Fsp3) is 0.867. The average Bonchev–Trinajstić information content (AvgIpc) is 2.79. The maximum atomic E-state index is 12.7. The SMILES string of the molecule is NC(=NO)C1(C(=O)NCC2CCCCO2)CCCCCC1. The Labute approximate surface area is 126 Å². The second-order valence-corrected chi connectivity index (χ2v) is 6.18. The molecule has 21 heavy (non-hydrogen) atoms. The number of carbonyl (C=O) groups is 1. The highest BCUT2D eigenvalue weighted by molar-refractivity contribution is 6.06. The molecule has 1 saturated heterocycles. The lowest BCUT2D eigenvalue weighted by atomic mass is 9.78. The van der Waals surface area contributed by atoms with Gasteiger partial charge in [0.05, 0.1) is 6.10 Å². The van der Waals surface area contributed by atoms with Crippen LogP contribution in [0.25, 0.3) is 0 Å². The lowest BCUT2D eigenvalue weighted by Crippen LogP contribution is -2.51. The molecule has 2 fully saturated rings. The number of amides is 1. The Bertz CT molecular complexity index is 370. The van der Waals surface area contributed by atoms with Crippen molar-refractivity contribution in [2.45, 2.75) is 63.9 Å². The monoisotopic (exact) mass is 297 g/mol. The number of nitrogens with zero attached hydrogens (tertiary/aromatic N) is 1. The molecule has 0 bridgehead atoms. The molecule has 1 heterocycles. The van der Waals surface area contributed by atoms with E-state index in [2.05, 4.69) is 10.5 Å². The van der Waals surface area contributed by atoms with Crippen molar-refractivity contribution in [3.05, 3.63) is 0 Å². The van der Waals surface area contributed by atoms with Gasteiger partial charge in [-0.3, -0.25) is 4.79 Å². The van der Waals surface area contributed by atoms with Crippen LogP contribution in [0.15, 0.2) is 5.16 Å². The van der Waals surface area contributed by atoms with E-state index in [0.717, 1.165) is 51.6 Å².